The van der Waals surface area contributed by atoms with Gasteiger partial charge in [0.1, 0.15) is 23.3 Å². The monoisotopic (exact) mass is 714 g/mol. The van der Waals surface area contributed by atoms with Crippen LogP contribution in [0, 0.1) is 17.6 Å². The fourth-order valence-electron chi connectivity index (χ4n) is 8.36. The number of imidazole rings is 1. The number of fused-ring (bicyclic) bond motifs is 1. The Hall–Kier alpha value is -4.87. The highest BCUT2D eigenvalue weighted by Crippen LogP contribution is 2.41. The quantitative estimate of drug-likeness (QED) is 0.184. The van der Waals surface area contributed by atoms with Gasteiger partial charge < -0.3 is 34.5 Å². The standard InChI is InChI=1S/C40H48F2N6O4/c1-24(2)36(45-40(50)52-4)39(49)48-18-6-8-35(48)38-43-32-14-11-27(21-33(32)44-38)34-7-5-17-47(34)28-22-30(41)37(31(42)23-28)46-19-15-26(16-20-46)25-9-12-29(51-3)13-10-25/h9-14,21-24,26,34-36H,5-8,15-20H2,1-4H3,(H,43,44)(H,45,50)/t34-,35+,36?/m1/s1. The van der Waals surface area contributed by atoms with Gasteiger partial charge in [0, 0.05) is 31.9 Å². The van der Waals surface area contributed by atoms with E-state index in [0.717, 1.165) is 60.9 Å². The fourth-order valence-corrected chi connectivity index (χ4v) is 8.36. The highest BCUT2D eigenvalue weighted by molar-refractivity contribution is 5.86. The lowest BCUT2D eigenvalue weighted by Crippen LogP contribution is -2.51. The molecule has 3 fully saturated rings. The molecule has 1 aromatic heterocycles. The van der Waals surface area contributed by atoms with E-state index in [9.17, 15) is 9.59 Å². The summed E-state index contributed by atoms with van der Waals surface area (Å²) in [5.74, 6) is 0.512. The number of aromatic nitrogens is 2. The second-order valence-corrected chi connectivity index (χ2v) is 14.6. The number of likely N-dealkylation sites (tertiary alicyclic amines) is 1. The Morgan fingerprint density at radius 1 is 0.865 bits per heavy atom. The molecular formula is C40H48F2N6O4. The number of alkyl carbamates (subject to hydrolysis) is 1. The maximum absolute atomic E-state index is 15.8. The minimum absolute atomic E-state index is 0.0539. The molecule has 0 spiro atoms. The van der Waals surface area contributed by atoms with Crippen molar-refractivity contribution in [3.8, 4) is 5.75 Å². The van der Waals surface area contributed by atoms with Crippen molar-refractivity contribution in [1.82, 2.24) is 20.2 Å². The third kappa shape index (κ3) is 6.99. The second-order valence-electron chi connectivity index (χ2n) is 14.6. The number of ether oxygens (including phenoxy) is 2. The van der Waals surface area contributed by atoms with Gasteiger partial charge in [0.05, 0.1) is 37.3 Å². The van der Waals surface area contributed by atoms with Crippen molar-refractivity contribution in [3.05, 3.63) is 83.2 Å². The number of aromatic amines is 1. The molecule has 3 aliphatic heterocycles. The smallest absolute Gasteiger partial charge is 0.407 e. The molecule has 0 saturated carbocycles. The number of anilines is 2. The number of methoxy groups -OCH3 is 2. The molecule has 4 heterocycles. The van der Waals surface area contributed by atoms with E-state index in [1.165, 1.54) is 24.8 Å². The number of benzene rings is 3. The van der Waals surface area contributed by atoms with Gasteiger partial charge in [-0.05, 0) is 97.9 Å². The van der Waals surface area contributed by atoms with Crippen LogP contribution in [-0.2, 0) is 9.53 Å². The largest absolute Gasteiger partial charge is 0.497 e. The molecule has 52 heavy (non-hydrogen) atoms. The molecule has 2 amide bonds. The summed E-state index contributed by atoms with van der Waals surface area (Å²) in [5, 5.41) is 2.69. The minimum atomic E-state index is -0.710. The summed E-state index contributed by atoms with van der Waals surface area (Å²) in [6, 6.07) is 16.1. The zero-order chi connectivity index (χ0) is 36.5. The molecule has 3 aromatic carbocycles. The number of piperidine rings is 1. The molecular weight excluding hydrogens is 666 g/mol. The predicted octanol–water partition coefficient (Wildman–Crippen LogP) is 7.62. The van der Waals surface area contributed by atoms with Crippen LogP contribution in [-0.4, -0.2) is 73.3 Å². The van der Waals surface area contributed by atoms with Gasteiger partial charge in [0.15, 0.2) is 11.6 Å². The molecule has 276 valence electrons. The summed E-state index contributed by atoms with van der Waals surface area (Å²) in [6.45, 7) is 6.21. The Kier molecular flexibility index (Phi) is 10.3. The molecule has 0 radical (unpaired) electrons. The van der Waals surface area contributed by atoms with Gasteiger partial charge in [0.2, 0.25) is 5.91 Å². The van der Waals surface area contributed by atoms with E-state index in [2.05, 4.69) is 33.4 Å². The lowest BCUT2D eigenvalue weighted by Gasteiger charge is -2.35. The molecule has 10 nitrogen and oxygen atoms in total. The summed E-state index contributed by atoms with van der Waals surface area (Å²) < 4.78 is 41.7. The van der Waals surface area contributed by atoms with Gasteiger partial charge in [-0.1, -0.05) is 32.0 Å². The van der Waals surface area contributed by atoms with Gasteiger partial charge >= 0.3 is 6.09 Å². The van der Waals surface area contributed by atoms with Gasteiger partial charge in [0.25, 0.3) is 0 Å². The number of H-pyrrole nitrogens is 1. The van der Waals surface area contributed by atoms with E-state index < -0.39 is 23.8 Å². The average molecular weight is 715 g/mol. The molecule has 2 N–H and O–H groups in total. The van der Waals surface area contributed by atoms with Crippen LogP contribution in [0.15, 0.2) is 54.6 Å². The maximum atomic E-state index is 15.8. The molecule has 4 aromatic rings. The first kappa shape index (κ1) is 35.5. The Labute approximate surface area is 303 Å². The Morgan fingerprint density at radius 2 is 1.54 bits per heavy atom. The number of halogens is 2. The van der Waals surface area contributed by atoms with E-state index >= 15 is 8.78 Å². The number of hydrogen-bond acceptors (Lipinski definition) is 7. The molecule has 7 rings (SSSR count). The van der Waals surface area contributed by atoms with Crippen LogP contribution in [0.5, 0.6) is 5.75 Å². The lowest BCUT2D eigenvalue weighted by molar-refractivity contribution is -0.135. The number of nitrogens with one attached hydrogen (secondary N) is 2. The SMILES string of the molecule is COC(=O)NC(C(=O)N1CCC[C@H]1c1nc2ccc([C@H]3CCCN3c3cc(F)c(N4CCC(c5ccc(OC)cc5)CC4)c(F)c3)cc2[nH]1)C(C)C. The number of rotatable bonds is 9. The van der Waals surface area contributed by atoms with Crippen LogP contribution in [0.4, 0.5) is 25.0 Å². The van der Waals surface area contributed by atoms with E-state index in [1.54, 1.807) is 12.0 Å². The van der Waals surface area contributed by atoms with E-state index in [-0.39, 0.29) is 29.6 Å². The Morgan fingerprint density at radius 3 is 2.21 bits per heavy atom. The highest BCUT2D eigenvalue weighted by atomic mass is 19.1. The van der Waals surface area contributed by atoms with Crippen molar-refractivity contribution in [1.29, 1.82) is 0 Å². The normalized spacial score (nSPS) is 20.2. The topological polar surface area (TPSA) is 103 Å². The van der Waals surface area contributed by atoms with Gasteiger partial charge in [-0.2, -0.15) is 0 Å². The van der Waals surface area contributed by atoms with Gasteiger partial charge in [-0.15, -0.1) is 0 Å². The van der Waals surface area contributed by atoms with Crippen molar-refractivity contribution in [2.24, 2.45) is 5.92 Å². The summed E-state index contributed by atoms with van der Waals surface area (Å²) in [6.07, 6.45) is 4.33. The third-order valence-electron chi connectivity index (χ3n) is 11.1. The Bertz CT molecular complexity index is 1880. The zero-order valence-electron chi connectivity index (χ0n) is 30.3. The van der Waals surface area contributed by atoms with Crippen LogP contribution in [0.2, 0.25) is 0 Å². The summed E-state index contributed by atoms with van der Waals surface area (Å²) in [5.41, 5.74) is 4.49. The summed E-state index contributed by atoms with van der Waals surface area (Å²) >= 11 is 0. The first-order chi connectivity index (χ1) is 25.1. The molecule has 1 unspecified atom stereocenters. The molecule has 0 aliphatic carbocycles. The molecule has 3 aliphatic rings. The van der Waals surface area contributed by atoms with Crippen LogP contribution >= 0.6 is 0 Å². The van der Waals surface area contributed by atoms with E-state index in [1.807, 2.05) is 43.0 Å². The van der Waals surface area contributed by atoms with Crippen LogP contribution in [0.3, 0.4) is 0 Å². The van der Waals surface area contributed by atoms with Crippen molar-refractivity contribution in [2.45, 2.75) is 76.4 Å². The Balaban J connectivity index is 1.06. The van der Waals surface area contributed by atoms with Crippen LogP contribution < -0.4 is 19.9 Å². The molecule has 3 saturated heterocycles. The maximum Gasteiger partial charge on any atom is 0.407 e. The van der Waals surface area contributed by atoms with Crippen LogP contribution in [0.25, 0.3) is 11.0 Å². The summed E-state index contributed by atoms with van der Waals surface area (Å²) in [4.78, 5) is 39.7. The minimum Gasteiger partial charge on any atom is -0.497 e. The van der Waals surface area contributed by atoms with Gasteiger partial charge in [-0.3, -0.25) is 4.79 Å². The number of nitrogens with zero attached hydrogens (tertiary/aromatic N) is 4. The fraction of sp³-hybridized carbons (Fsp3) is 0.475. The predicted molar refractivity (Wildman–Crippen MR) is 197 cm³/mol. The van der Waals surface area contributed by atoms with Crippen LogP contribution in [0.1, 0.15) is 87.3 Å². The van der Waals surface area contributed by atoms with E-state index in [4.69, 9.17) is 14.5 Å². The number of carbonyl (C=O) groups is 2. The highest BCUT2D eigenvalue weighted by Gasteiger charge is 2.38. The van der Waals surface area contributed by atoms with Crippen molar-refractivity contribution in [3.63, 3.8) is 0 Å². The average Bonchev–Trinajstić information content (AvgIpc) is 3.93. The van der Waals surface area contributed by atoms with Crippen molar-refractivity contribution >= 4 is 34.4 Å². The molecule has 12 heteroatoms. The van der Waals surface area contributed by atoms with Crippen molar-refractivity contribution < 1.29 is 27.8 Å². The lowest BCUT2D eigenvalue weighted by atomic mass is 9.89. The second kappa shape index (κ2) is 15.0. The molecule has 0 bridgehead atoms. The number of amides is 2. The number of hydrogen-bond donors (Lipinski definition) is 2. The van der Waals surface area contributed by atoms with Crippen molar-refractivity contribution in [2.75, 3.05) is 50.2 Å². The first-order valence-electron chi connectivity index (χ1n) is 18.4. The van der Waals surface area contributed by atoms with Gasteiger partial charge in [-0.25, -0.2) is 18.6 Å². The first-order valence-corrected chi connectivity index (χ1v) is 18.4. The zero-order valence-corrected chi connectivity index (χ0v) is 30.3. The number of carbonyl (C=O) groups excluding carboxylic acids is 2. The third-order valence-corrected chi connectivity index (χ3v) is 11.1. The molecule has 3 atom stereocenters. The summed E-state index contributed by atoms with van der Waals surface area (Å²) in [7, 11) is 2.93. The van der Waals surface area contributed by atoms with E-state index in [0.29, 0.717) is 43.6 Å².